The lowest BCUT2D eigenvalue weighted by atomic mass is 10.1. The van der Waals surface area contributed by atoms with Crippen molar-refractivity contribution in [3.63, 3.8) is 0 Å². The van der Waals surface area contributed by atoms with E-state index in [-0.39, 0.29) is 11.8 Å². The maximum absolute atomic E-state index is 10.6. The van der Waals surface area contributed by atoms with Gasteiger partial charge in [-0.25, -0.2) is 0 Å². The van der Waals surface area contributed by atoms with Crippen molar-refractivity contribution >= 4 is 5.78 Å². The summed E-state index contributed by atoms with van der Waals surface area (Å²) in [6, 6.07) is 0.224. The fraction of sp³-hybridized carbons (Fsp3) is 0.889. The molecule has 12 heavy (non-hydrogen) atoms. The first kappa shape index (κ1) is 11.6. The summed E-state index contributed by atoms with van der Waals surface area (Å²) in [6.45, 7) is 2.29. The summed E-state index contributed by atoms with van der Waals surface area (Å²) in [5.41, 5.74) is 11.1. The fourth-order valence-corrected chi connectivity index (χ4v) is 1.14. The largest absolute Gasteiger partial charge is 0.330 e. The van der Waals surface area contributed by atoms with Gasteiger partial charge in [0.15, 0.2) is 0 Å². The van der Waals surface area contributed by atoms with Crippen LogP contribution in [0.4, 0.5) is 0 Å². The van der Waals surface area contributed by atoms with Crippen molar-refractivity contribution < 1.29 is 4.79 Å². The van der Waals surface area contributed by atoms with Crippen LogP contribution in [-0.2, 0) is 4.79 Å². The second kappa shape index (κ2) is 7.25. The van der Waals surface area contributed by atoms with Crippen molar-refractivity contribution in [1.29, 1.82) is 0 Å². The van der Waals surface area contributed by atoms with Crippen molar-refractivity contribution in [2.45, 2.75) is 45.1 Å². The number of unbranched alkanes of at least 4 members (excludes halogenated alkanes) is 1. The molecule has 0 saturated heterocycles. The normalized spacial score (nSPS) is 12.9. The Kier molecular flexibility index (Phi) is 7.00. The minimum Gasteiger partial charge on any atom is -0.330 e. The third-order valence-corrected chi connectivity index (χ3v) is 1.89. The summed E-state index contributed by atoms with van der Waals surface area (Å²) < 4.78 is 0. The van der Waals surface area contributed by atoms with E-state index < -0.39 is 0 Å². The van der Waals surface area contributed by atoms with Crippen LogP contribution in [0.2, 0.25) is 0 Å². The topological polar surface area (TPSA) is 69.1 Å². The van der Waals surface area contributed by atoms with Crippen LogP contribution >= 0.6 is 0 Å². The molecular formula is C9H20N2O. The molecule has 0 amide bonds. The number of rotatable bonds is 7. The van der Waals surface area contributed by atoms with Gasteiger partial charge in [-0.1, -0.05) is 6.42 Å². The van der Waals surface area contributed by atoms with Crippen LogP contribution in [0.25, 0.3) is 0 Å². The van der Waals surface area contributed by atoms with Crippen molar-refractivity contribution in [3.05, 3.63) is 0 Å². The molecule has 0 aromatic carbocycles. The molecule has 4 N–H and O–H groups in total. The van der Waals surface area contributed by atoms with E-state index in [1.807, 2.05) is 0 Å². The summed E-state index contributed by atoms with van der Waals surface area (Å²) in [5, 5.41) is 0. The number of carbonyl (C=O) groups is 1. The summed E-state index contributed by atoms with van der Waals surface area (Å²) >= 11 is 0. The zero-order valence-electron chi connectivity index (χ0n) is 7.88. The van der Waals surface area contributed by atoms with Gasteiger partial charge in [0.1, 0.15) is 5.78 Å². The SMILES string of the molecule is CC(=O)CCCCC(N)CCN. The quantitative estimate of drug-likeness (QED) is 0.558. The molecule has 0 radical (unpaired) electrons. The molecule has 3 nitrogen and oxygen atoms in total. The molecule has 1 atom stereocenters. The van der Waals surface area contributed by atoms with Gasteiger partial charge in [-0.15, -0.1) is 0 Å². The van der Waals surface area contributed by atoms with Crippen LogP contribution in [0.1, 0.15) is 39.0 Å². The van der Waals surface area contributed by atoms with E-state index in [0.717, 1.165) is 25.7 Å². The molecule has 0 fully saturated rings. The predicted octanol–water partition coefficient (Wildman–Crippen LogP) is 0.812. The molecule has 72 valence electrons. The van der Waals surface area contributed by atoms with Crippen molar-refractivity contribution in [1.82, 2.24) is 0 Å². The highest BCUT2D eigenvalue weighted by molar-refractivity contribution is 5.75. The second-order valence-electron chi connectivity index (χ2n) is 3.29. The average molecular weight is 172 g/mol. The minimum absolute atomic E-state index is 0.224. The van der Waals surface area contributed by atoms with Crippen molar-refractivity contribution in [3.8, 4) is 0 Å². The third kappa shape index (κ3) is 7.69. The smallest absolute Gasteiger partial charge is 0.129 e. The molecule has 0 heterocycles. The first-order valence-electron chi connectivity index (χ1n) is 4.62. The molecule has 0 bridgehead atoms. The molecule has 3 heteroatoms. The lowest BCUT2D eigenvalue weighted by Crippen LogP contribution is -2.23. The lowest BCUT2D eigenvalue weighted by Gasteiger charge is -2.08. The molecule has 0 aromatic heterocycles. The lowest BCUT2D eigenvalue weighted by molar-refractivity contribution is -0.117. The highest BCUT2D eigenvalue weighted by atomic mass is 16.1. The Bertz CT molecular complexity index is 126. The highest BCUT2D eigenvalue weighted by Gasteiger charge is 2.00. The zero-order valence-corrected chi connectivity index (χ0v) is 7.88. The second-order valence-corrected chi connectivity index (χ2v) is 3.29. The van der Waals surface area contributed by atoms with E-state index in [1.165, 1.54) is 0 Å². The van der Waals surface area contributed by atoms with Gasteiger partial charge in [0.25, 0.3) is 0 Å². The van der Waals surface area contributed by atoms with Gasteiger partial charge in [0.05, 0.1) is 0 Å². The molecule has 1 unspecified atom stereocenters. The maximum Gasteiger partial charge on any atom is 0.129 e. The number of hydrogen-bond donors (Lipinski definition) is 2. The molecule has 0 saturated carbocycles. The van der Waals surface area contributed by atoms with E-state index in [4.69, 9.17) is 11.5 Å². The van der Waals surface area contributed by atoms with Crippen LogP contribution in [0.15, 0.2) is 0 Å². The Morgan fingerprint density at radius 3 is 2.50 bits per heavy atom. The van der Waals surface area contributed by atoms with Crippen LogP contribution in [0, 0.1) is 0 Å². The molecule has 0 aliphatic heterocycles. The first-order valence-corrected chi connectivity index (χ1v) is 4.62. The third-order valence-electron chi connectivity index (χ3n) is 1.89. The standard InChI is InChI=1S/C9H20N2O/c1-8(12)4-2-3-5-9(11)6-7-10/h9H,2-7,10-11H2,1H3. The Morgan fingerprint density at radius 1 is 1.33 bits per heavy atom. The highest BCUT2D eigenvalue weighted by Crippen LogP contribution is 2.04. The van der Waals surface area contributed by atoms with E-state index in [0.29, 0.717) is 13.0 Å². The van der Waals surface area contributed by atoms with E-state index in [1.54, 1.807) is 6.92 Å². The van der Waals surface area contributed by atoms with Gasteiger partial charge >= 0.3 is 0 Å². The number of carbonyl (C=O) groups excluding carboxylic acids is 1. The Labute approximate surface area is 74.5 Å². The van der Waals surface area contributed by atoms with E-state index >= 15 is 0 Å². The number of Topliss-reactive ketones (excluding diaryl/α,β-unsaturated/α-hetero) is 1. The summed E-state index contributed by atoms with van der Waals surface area (Å²) in [7, 11) is 0. The molecule has 0 rings (SSSR count). The van der Waals surface area contributed by atoms with E-state index in [2.05, 4.69) is 0 Å². The van der Waals surface area contributed by atoms with Crippen LogP contribution in [-0.4, -0.2) is 18.4 Å². The van der Waals surface area contributed by atoms with Gasteiger partial charge in [-0.3, -0.25) is 0 Å². The zero-order chi connectivity index (χ0) is 9.40. The summed E-state index contributed by atoms with van der Waals surface area (Å²) in [6.07, 6.45) is 4.58. The van der Waals surface area contributed by atoms with Gasteiger partial charge in [0, 0.05) is 12.5 Å². The van der Waals surface area contributed by atoms with Crippen LogP contribution < -0.4 is 11.5 Å². The maximum atomic E-state index is 10.6. The fourth-order valence-electron chi connectivity index (χ4n) is 1.14. The molecule has 0 aliphatic carbocycles. The van der Waals surface area contributed by atoms with Crippen molar-refractivity contribution in [2.75, 3.05) is 6.54 Å². The summed E-state index contributed by atoms with van der Waals surface area (Å²) in [4.78, 5) is 10.6. The summed E-state index contributed by atoms with van der Waals surface area (Å²) in [5.74, 6) is 0.266. The Hall–Kier alpha value is -0.410. The van der Waals surface area contributed by atoms with Gasteiger partial charge < -0.3 is 16.3 Å². The predicted molar refractivity (Wildman–Crippen MR) is 50.8 cm³/mol. The number of ketones is 1. The first-order chi connectivity index (χ1) is 5.66. The van der Waals surface area contributed by atoms with Gasteiger partial charge in [0.2, 0.25) is 0 Å². The monoisotopic (exact) mass is 172 g/mol. The average Bonchev–Trinajstić information content (AvgIpc) is 1.98. The molecule has 0 aromatic rings. The molecule has 0 spiro atoms. The Morgan fingerprint density at radius 2 is 2.00 bits per heavy atom. The molecular weight excluding hydrogens is 152 g/mol. The van der Waals surface area contributed by atoms with Gasteiger partial charge in [-0.2, -0.15) is 0 Å². The van der Waals surface area contributed by atoms with Crippen LogP contribution in [0.3, 0.4) is 0 Å². The van der Waals surface area contributed by atoms with Gasteiger partial charge in [-0.05, 0) is 32.7 Å². The van der Waals surface area contributed by atoms with Crippen LogP contribution in [0.5, 0.6) is 0 Å². The Balaban J connectivity index is 3.13. The van der Waals surface area contributed by atoms with Crippen molar-refractivity contribution in [2.24, 2.45) is 11.5 Å². The number of hydrogen-bond acceptors (Lipinski definition) is 3. The minimum atomic E-state index is 0.224. The number of nitrogens with two attached hydrogens (primary N) is 2. The van der Waals surface area contributed by atoms with E-state index in [9.17, 15) is 4.79 Å². The molecule has 0 aliphatic rings.